The zero-order valence-electron chi connectivity index (χ0n) is 17.0. The lowest BCUT2D eigenvalue weighted by molar-refractivity contribution is -0.118. The first-order valence-electron chi connectivity index (χ1n) is 9.36. The van der Waals surface area contributed by atoms with Crippen molar-refractivity contribution in [1.29, 1.82) is 0 Å². The number of aromatic nitrogens is 3. The Balaban J connectivity index is 1.64. The molecule has 3 aromatic rings. The maximum Gasteiger partial charge on any atom is 0.230 e. The Bertz CT molecular complexity index is 1000. The number of allylic oxidation sites excluding steroid dienone is 1. The third-order valence-electron chi connectivity index (χ3n) is 4.35. The smallest absolute Gasteiger partial charge is 0.230 e. The van der Waals surface area contributed by atoms with Crippen LogP contribution >= 0.6 is 11.8 Å². The molecule has 156 valence electrons. The van der Waals surface area contributed by atoms with Crippen molar-refractivity contribution in [3.63, 3.8) is 0 Å². The summed E-state index contributed by atoms with van der Waals surface area (Å²) in [6.07, 6.45) is 1.79. The third kappa shape index (κ3) is 5.01. The highest BCUT2D eigenvalue weighted by atomic mass is 32.2. The number of rotatable bonds is 10. The van der Waals surface area contributed by atoms with E-state index < -0.39 is 0 Å². The minimum atomic E-state index is -0.112. The van der Waals surface area contributed by atoms with Crippen molar-refractivity contribution in [3.05, 3.63) is 66.7 Å². The Morgan fingerprint density at radius 3 is 2.63 bits per heavy atom. The van der Waals surface area contributed by atoms with Crippen LogP contribution in [0.25, 0.3) is 11.4 Å². The summed E-state index contributed by atoms with van der Waals surface area (Å²) < 4.78 is 12.6. The van der Waals surface area contributed by atoms with Crippen molar-refractivity contribution in [3.8, 4) is 22.9 Å². The number of thioether (sulfide) groups is 1. The number of amides is 1. The predicted octanol–water partition coefficient (Wildman–Crippen LogP) is 3.56. The van der Waals surface area contributed by atoms with Crippen LogP contribution in [0.3, 0.4) is 0 Å². The summed E-state index contributed by atoms with van der Waals surface area (Å²) in [4.78, 5) is 12.4. The molecule has 0 bridgehead atoms. The number of nitrogens with zero attached hydrogens (tertiary/aromatic N) is 3. The molecule has 7 nitrogen and oxygen atoms in total. The minimum Gasteiger partial charge on any atom is -0.493 e. The van der Waals surface area contributed by atoms with E-state index in [1.807, 2.05) is 53.1 Å². The molecule has 30 heavy (non-hydrogen) atoms. The van der Waals surface area contributed by atoms with Crippen LogP contribution in [0.2, 0.25) is 0 Å². The van der Waals surface area contributed by atoms with E-state index in [0.717, 1.165) is 17.0 Å². The molecule has 1 aromatic heterocycles. The van der Waals surface area contributed by atoms with Crippen LogP contribution in [0.1, 0.15) is 5.56 Å². The highest BCUT2D eigenvalue weighted by Crippen LogP contribution is 2.30. The molecule has 0 unspecified atom stereocenters. The SMILES string of the molecule is C=CCn1c(SCC(=O)NCc2cccc(OC)c2OC)nnc1-c1ccccc1. The highest BCUT2D eigenvalue weighted by Gasteiger charge is 2.15. The van der Waals surface area contributed by atoms with Gasteiger partial charge in [0.15, 0.2) is 22.5 Å². The van der Waals surface area contributed by atoms with Gasteiger partial charge >= 0.3 is 0 Å². The second kappa shape index (κ2) is 10.5. The maximum absolute atomic E-state index is 12.4. The minimum absolute atomic E-state index is 0.112. The molecule has 1 heterocycles. The standard InChI is InChI=1S/C22H24N4O3S/c1-4-13-26-21(16-9-6-5-7-10-16)24-25-22(26)30-15-19(27)23-14-17-11-8-12-18(28-2)20(17)29-3/h4-12H,1,13-15H2,2-3H3,(H,23,27). The topological polar surface area (TPSA) is 78.3 Å². The zero-order valence-corrected chi connectivity index (χ0v) is 17.8. The quantitative estimate of drug-likeness (QED) is 0.396. The molecule has 0 aliphatic carbocycles. The molecule has 0 saturated heterocycles. The van der Waals surface area contributed by atoms with Gasteiger partial charge in [-0.05, 0) is 6.07 Å². The van der Waals surface area contributed by atoms with Gasteiger partial charge in [0.25, 0.3) is 0 Å². The number of para-hydroxylation sites is 1. The van der Waals surface area contributed by atoms with E-state index in [9.17, 15) is 4.79 Å². The van der Waals surface area contributed by atoms with Gasteiger partial charge in [0, 0.05) is 24.2 Å². The summed E-state index contributed by atoms with van der Waals surface area (Å²) in [6, 6.07) is 15.4. The van der Waals surface area contributed by atoms with Crippen molar-refractivity contribution >= 4 is 17.7 Å². The maximum atomic E-state index is 12.4. The monoisotopic (exact) mass is 424 g/mol. The van der Waals surface area contributed by atoms with Crippen molar-refractivity contribution in [2.45, 2.75) is 18.2 Å². The second-order valence-corrected chi connectivity index (χ2v) is 7.23. The summed E-state index contributed by atoms with van der Waals surface area (Å²) in [5.41, 5.74) is 1.81. The molecule has 0 atom stereocenters. The van der Waals surface area contributed by atoms with Gasteiger partial charge in [0.2, 0.25) is 5.91 Å². The summed E-state index contributed by atoms with van der Waals surface area (Å²) in [6.45, 7) is 4.71. The predicted molar refractivity (Wildman–Crippen MR) is 118 cm³/mol. The number of ether oxygens (including phenoxy) is 2. The molecule has 0 saturated carbocycles. The Kier molecular flexibility index (Phi) is 7.51. The van der Waals surface area contributed by atoms with E-state index in [1.54, 1.807) is 20.3 Å². The molecule has 2 aromatic carbocycles. The van der Waals surface area contributed by atoms with Gasteiger partial charge in [-0.1, -0.05) is 60.3 Å². The summed E-state index contributed by atoms with van der Waals surface area (Å²) in [5.74, 6) is 2.10. The fraction of sp³-hybridized carbons (Fsp3) is 0.227. The first-order valence-corrected chi connectivity index (χ1v) is 10.3. The Morgan fingerprint density at radius 2 is 1.93 bits per heavy atom. The average molecular weight is 425 g/mol. The van der Waals surface area contributed by atoms with Gasteiger partial charge in [-0.15, -0.1) is 16.8 Å². The van der Waals surface area contributed by atoms with Crippen molar-refractivity contribution in [1.82, 2.24) is 20.1 Å². The fourth-order valence-corrected chi connectivity index (χ4v) is 3.74. The van der Waals surface area contributed by atoms with Crippen molar-refractivity contribution in [2.24, 2.45) is 0 Å². The molecular formula is C22H24N4O3S. The van der Waals surface area contributed by atoms with Gasteiger partial charge in [-0.25, -0.2) is 0 Å². The van der Waals surface area contributed by atoms with Gasteiger partial charge in [0.1, 0.15) is 0 Å². The molecule has 1 amide bonds. The van der Waals surface area contributed by atoms with Gasteiger partial charge in [0.05, 0.1) is 20.0 Å². The van der Waals surface area contributed by atoms with Crippen molar-refractivity contribution < 1.29 is 14.3 Å². The molecule has 0 radical (unpaired) electrons. The molecule has 1 N–H and O–H groups in total. The lowest BCUT2D eigenvalue weighted by Gasteiger charge is -2.13. The fourth-order valence-electron chi connectivity index (χ4n) is 2.96. The molecule has 0 aliphatic heterocycles. The number of methoxy groups -OCH3 is 2. The van der Waals surface area contributed by atoms with Crippen molar-refractivity contribution in [2.75, 3.05) is 20.0 Å². The summed E-state index contributed by atoms with van der Waals surface area (Å²) in [5, 5.41) is 12.1. The number of hydrogen-bond acceptors (Lipinski definition) is 6. The third-order valence-corrected chi connectivity index (χ3v) is 5.32. The second-order valence-electron chi connectivity index (χ2n) is 6.29. The van der Waals surface area contributed by atoms with Crippen LogP contribution in [0.4, 0.5) is 0 Å². The van der Waals surface area contributed by atoms with Crippen LogP contribution in [0, 0.1) is 0 Å². The first kappa shape index (κ1) is 21.4. The van der Waals surface area contributed by atoms with Crippen LogP contribution < -0.4 is 14.8 Å². The average Bonchev–Trinajstić information content (AvgIpc) is 3.19. The highest BCUT2D eigenvalue weighted by molar-refractivity contribution is 7.99. The van der Waals surface area contributed by atoms with Crippen LogP contribution in [0.5, 0.6) is 11.5 Å². The van der Waals surface area contributed by atoms with Crippen LogP contribution in [-0.2, 0) is 17.9 Å². The van der Waals surface area contributed by atoms with Crippen LogP contribution in [-0.4, -0.2) is 40.6 Å². The zero-order chi connectivity index (χ0) is 21.3. The molecule has 3 rings (SSSR count). The van der Waals surface area contributed by atoms with Crippen LogP contribution in [0.15, 0.2) is 66.3 Å². The van der Waals surface area contributed by atoms with Gasteiger partial charge in [-0.3, -0.25) is 9.36 Å². The van der Waals surface area contributed by atoms with E-state index in [4.69, 9.17) is 9.47 Å². The number of carbonyl (C=O) groups excluding carboxylic acids is 1. The van der Waals surface area contributed by atoms with E-state index in [1.165, 1.54) is 11.8 Å². The Labute approximate surface area is 180 Å². The molecule has 8 heteroatoms. The summed E-state index contributed by atoms with van der Waals surface area (Å²) in [7, 11) is 3.16. The Hall–Kier alpha value is -3.26. The van der Waals surface area contributed by atoms with E-state index in [0.29, 0.717) is 29.7 Å². The van der Waals surface area contributed by atoms with Gasteiger partial charge in [-0.2, -0.15) is 0 Å². The molecule has 0 fully saturated rings. The number of nitrogens with one attached hydrogen (secondary N) is 1. The lowest BCUT2D eigenvalue weighted by Crippen LogP contribution is -2.25. The largest absolute Gasteiger partial charge is 0.493 e. The van der Waals surface area contributed by atoms with E-state index in [2.05, 4.69) is 22.1 Å². The summed E-state index contributed by atoms with van der Waals surface area (Å²) >= 11 is 1.34. The normalized spacial score (nSPS) is 10.5. The first-order chi connectivity index (χ1) is 14.7. The Morgan fingerprint density at radius 1 is 1.13 bits per heavy atom. The molecular weight excluding hydrogens is 400 g/mol. The van der Waals surface area contributed by atoms with E-state index >= 15 is 0 Å². The van der Waals surface area contributed by atoms with Gasteiger partial charge < -0.3 is 14.8 Å². The number of hydrogen-bond donors (Lipinski definition) is 1. The molecule has 0 spiro atoms. The lowest BCUT2D eigenvalue weighted by atomic mass is 10.2. The number of carbonyl (C=O) groups is 1. The van der Waals surface area contributed by atoms with E-state index in [-0.39, 0.29) is 11.7 Å². The molecule has 0 aliphatic rings. The number of benzene rings is 2.